The first kappa shape index (κ1) is 12.8. The molecule has 1 aromatic carbocycles. The largest absolute Gasteiger partial charge is 0.478 e. The summed E-state index contributed by atoms with van der Waals surface area (Å²) in [5, 5.41) is 14.1. The lowest BCUT2D eigenvalue weighted by Gasteiger charge is -2.11. The van der Waals surface area contributed by atoms with Gasteiger partial charge in [0, 0.05) is 5.39 Å². The third-order valence-corrected chi connectivity index (χ3v) is 3.20. The number of fused-ring (bicyclic) bond motifs is 1. The lowest BCUT2D eigenvalue weighted by molar-refractivity contribution is 0.0697. The molecule has 18 heavy (non-hydrogen) atoms. The van der Waals surface area contributed by atoms with Gasteiger partial charge >= 0.3 is 5.97 Å². The number of hydrogen-bond donors (Lipinski definition) is 1. The predicted octanol–water partition coefficient (Wildman–Crippen LogP) is 2.44. The van der Waals surface area contributed by atoms with Crippen LogP contribution < -0.4 is 5.56 Å². The third-order valence-electron chi connectivity index (χ3n) is 2.61. The minimum absolute atomic E-state index is 0.0907. The molecule has 0 atom stereocenters. The zero-order valence-corrected chi connectivity index (χ0v) is 11.4. The van der Waals surface area contributed by atoms with Gasteiger partial charge in [-0.2, -0.15) is 5.10 Å². The fourth-order valence-corrected chi connectivity index (χ4v) is 2.22. The van der Waals surface area contributed by atoms with Crippen molar-refractivity contribution in [2.75, 3.05) is 0 Å². The number of benzene rings is 1. The molecule has 1 N–H and O–H groups in total. The second kappa shape index (κ2) is 4.53. The minimum Gasteiger partial charge on any atom is -0.478 e. The average Bonchev–Trinajstić information content (AvgIpc) is 2.32. The standard InChI is InChI=1S/C12H11BrN2O3/c1-6(2)15-11(16)9-5-7(12(17)18)3-4-8(9)10(13)14-15/h3-6H,1-2H3,(H,17,18). The van der Waals surface area contributed by atoms with Gasteiger partial charge in [0.15, 0.2) is 0 Å². The Morgan fingerprint density at radius 1 is 1.39 bits per heavy atom. The molecule has 0 saturated heterocycles. The number of carboxylic acids is 1. The Kier molecular flexibility index (Phi) is 3.21. The summed E-state index contributed by atoms with van der Waals surface area (Å²) in [6.07, 6.45) is 0. The van der Waals surface area contributed by atoms with Gasteiger partial charge in [-0.3, -0.25) is 4.79 Å². The van der Waals surface area contributed by atoms with E-state index in [1.807, 2.05) is 13.8 Å². The zero-order chi connectivity index (χ0) is 13.4. The van der Waals surface area contributed by atoms with Crippen molar-refractivity contribution in [3.8, 4) is 0 Å². The molecule has 0 saturated carbocycles. The third kappa shape index (κ3) is 2.03. The number of aromatic carboxylic acids is 1. The molecule has 0 aliphatic rings. The van der Waals surface area contributed by atoms with Crippen molar-refractivity contribution < 1.29 is 9.90 Å². The highest BCUT2D eigenvalue weighted by Crippen LogP contribution is 2.21. The molecule has 0 fully saturated rings. The Balaban J connectivity index is 2.87. The molecule has 2 rings (SSSR count). The van der Waals surface area contributed by atoms with Crippen molar-refractivity contribution in [1.82, 2.24) is 9.78 Å². The maximum Gasteiger partial charge on any atom is 0.335 e. The molecule has 1 aromatic heterocycles. The van der Waals surface area contributed by atoms with E-state index in [0.717, 1.165) is 0 Å². The topological polar surface area (TPSA) is 72.2 Å². The van der Waals surface area contributed by atoms with Gasteiger partial charge in [0.25, 0.3) is 5.56 Å². The average molecular weight is 311 g/mol. The van der Waals surface area contributed by atoms with Crippen LogP contribution in [0.5, 0.6) is 0 Å². The van der Waals surface area contributed by atoms with Crippen LogP contribution in [0.4, 0.5) is 0 Å². The van der Waals surface area contributed by atoms with Crippen LogP contribution in [0.2, 0.25) is 0 Å². The SMILES string of the molecule is CC(C)n1nc(Br)c2ccc(C(=O)O)cc2c1=O. The van der Waals surface area contributed by atoms with Gasteiger partial charge in [0.2, 0.25) is 0 Å². The van der Waals surface area contributed by atoms with Crippen molar-refractivity contribution in [2.45, 2.75) is 19.9 Å². The monoisotopic (exact) mass is 310 g/mol. The summed E-state index contributed by atoms with van der Waals surface area (Å²) >= 11 is 3.29. The Morgan fingerprint density at radius 2 is 2.06 bits per heavy atom. The summed E-state index contributed by atoms with van der Waals surface area (Å²) in [4.78, 5) is 23.1. The molecule has 0 aliphatic carbocycles. The van der Waals surface area contributed by atoms with Gasteiger partial charge in [0.05, 0.1) is 17.0 Å². The van der Waals surface area contributed by atoms with E-state index in [2.05, 4.69) is 21.0 Å². The van der Waals surface area contributed by atoms with Gasteiger partial charge in [0.1, 0.15) is 4.60 Å². The number of nitrogens with zero attached hydrogens (tertiary/aromatic N) is 2. The first-order chi connectivity index (χ1) is 8.41. The fraction of sp³-hybridized carbons (Fsp3) is 0.250. The highest BCUT2D eigenvalue weighted by Gasteiger charge is 2.13. The second-order valence-corrected chi connectivity index (χ2v) is 4.95. The van der Waals surface area contributed by atoms with E-state index < -0.39 is 5.97 Å². The number of halogens is 1. The highest BCUT2D eigenvalue weighted by atomic mass is 79.9. The van der Waals surface area contributed by atoms with Crippen LogP contribution >= 0.6 is 15.9 Å². The van der Waals surface area contributed by atoms with Gasteiger partial charge in [-0.05, 0) is 41.9 Å². The molecule has 0 unspecified atom stereocenters. The van der Waals surface area contributed by atoms with E-state index in [9.17, 15) is 9.59 Å². The molecular weight excluding hydrogens is 300 g/mol. The number of carbonyl (C=O) groups is 1. The predicted molar refractivity (Wildman–Crippen MR) is 71.0 cm³/mol. The molecule has 0 spiro atoms. The molecule has 94 valence electrons. The Bertz CT molecular complexity index is 692. The summed E-state index contributed by atoms with van der Waals surface area (Å²) in [5.74, 6) is -1.06. The quantitative estimate of drug-likeness (QED) is 0.924. The van der Waals surface area contributed by atoms with E-state index in [4.69, 9.17) is 5.11 Å². The zero-order valence-electron chi connectivity index (χ0n) is 9.85. The Morgan fingerprint density at radius 3 is 2.61 bits per heavy atom. The first-order valence-corrected chi connectivity index (χ1v) is 6.16. The normalized spacial score (nSPS) is 11.1. The number of aromatic nitrogens is 2. The van der Waals surface area contributed by atoms with Gasteiger partial charge < -0.3 is 5.11 Å². The van der Waals surface area contributed by atoms with Crippen LogP contribution in [0.3, 0.4) is 0 Å². The Labute approximate surface area is 111 Å². The molecule has 5 nitrogen and oxygen atoms in total. The summed E-state index contributed by atoms with van der Waals surface area (Å²) in [7, 11) is 0. The summed E-state index contributed by atoms with van der Waals surface area (Å²) in [6.45, 7) is 3.68. The Hall–Kier alpha value is -1.69. The van der Waals surface area contributed by atoms with Crippen LogP contribution in [-0.2, 0) is 0 Å². The van der Waals surface area contributed by atoms with E-state index >= 15 is 0 Å². The van der Waals surface area contributed by atoms with E-state index in [1.165, 1.54) is 16.8 Å². The molecule has 0 bridgehead atoms. The summed E-state index contributed by atoms with van der Waals surface area (Å²) in [5.41, 5.74) is -0.195. The second-order valence-electron chi connectivity index (χ2n) is 4.20. The summed E-state index contributed by atoms with van der Waals surface area (Å²) < 4.78 is 1.86. The molecule has 2 aromatic rings. The molecular formula is C12H11BrN2O3. The van der Waals surface area contributed by atoms with Crippen molar-refractivity contribution in [2.24, 2.45) is 0 Å². The van der Waals surface area contributed by atoms with Gasteiger partial charge in [-0.25, -0.2) is 9.48 Å². The van der Waals surface area contributed by atoms with E-state index in [-0.39, 0.29) is 17.2 Å². The first-order valence-electron chi connectivity index (χ1n) is 5.37. The molecule has 6 heteroatoms. The highest BCUT2D eigenvalue weighted by molar-refractivity contribution is 9.10. The van der Waals surface area contributed by atoms with E-state index in [0.29, 0.717) is 15.4 Å². The van der Waals surface area contributed by atoms with Crippen LogP contribution in [0.25, 0.3) is 10.8 Å². The minimum atomic E-state index is -1.06. The van der Waals surface area contributed by atoms with Crippen molar-refractivity contribution >= 4 is 32.7 Å². The van der Waals surface area contributed by atoms with Crippen LogP contribution in [0.1, 0.15) is 30.2 Å². The lowest BCUT2D eigenvalue weighted by atomic mass is 10.1. The maximum atomic E-state index is 12.2. The van der Waals surface area contributed by atoms with Crippen molar-refractivity contribution in [3.05, 3.63) is 38.7 Å². The molecule has 0 amide bonds. The van der Waals surface area contributed by atoms with Crippen molar-refractivity contribution in [3.63, 3.8) is 0 Å². The smallest absolute Gasteiger partial charge is 0.335 e. The molecule has 0 radical (unpaired) electrons. The maximum absolute atomic E-state index is 12.2. The molecule has 1 heterocycles. The van der Waals surface area contributed by atoms with Crippen molar-refractivity contribution in [1.29, 1.82) is 0 Å². The van der Waals surface area contributed by atoms with Gasteiger partial charge in [-0.15, -0.1) is 0 Å². The van der Waals surface area contributed by atoms with Crippen LogP contribution in [0, 0.1) is 0 Å². The van der Waals surface area contributed by atoms with Crippen LogP contribution in [0.15, 0.2) is 27.6 Å². The lowest BCUT2D eigenvalue weighted by Crippen LogP contribution is -2.25. The number of carboxylic acid groups (broad SMARTS) is 1. The summed E-state index contributed by atoms with van der Waals surface area (Å²) in [6, 6.07) is 4.33. The molecule has 0 aliphatic heterocycles. The number of hydrogen-bond acceptors (Lipinski definition) is 3. The van der Waals surface area contributed by atoms with Gasteiger partial charge in [-0.1, -0.05) is 6.07 Å². The van der Waals surface area contributed by atoms with Crippen LogP contribution in [-0.4, -0.2) is 20.9 Å². The fourth-order valence-electron chi connectivity index (χ4n) is 1.70. The van der Waals surface area contributed by atoms with E-state index in [1.54, 1.807) is 6.07 Å². The number of rotatable bonds is 2.